The lowest BCUT2D eigenvalue weighted by Crippen LogP contribution is -2.04. The molecule has 1 heteroatoms. The van der Waals surface area contributed by atoms with Gasteiger partial charge in [0, 0.05) is 5.56 Å². The van der Waals surface area contributed by atoms with E-state index in [-0.39, 0.29) is 5.43 Å². The molecule has 58 valence electrons. The van der Waals surface area contributed by atoms with Crippen molar-refractivity contribution in [2.45, 2.75) is 19.8 Å². The molecule has 0 fully saturated rings. The average Bonchev–Trinajstić information content (AvgIpc) is 2.13. The molecule has 1 nitrogen and oxygen atoms in total. The van der Waals surface area contributed by atoms with Gasteiger partial charge in [0.15, 0.2) is 5.43 Å². The van der Waals surface area contributed by atoms with Gasteiger partial charge in [0.25, 0.3) is 0 Å². The molecule has 0 atom stereocenters. The molecule has 0 saturated heterocycles. The minimum Gasteiger partial charge on any atom is -0.290 e. The van der Waals surface area contributed by atoms with E-state index in [2.05, 4.69) is 0 Å². The van der Waals surface area contributed by atoms with Crippen LogP contribution in [0.5, 0.6) is 0 Å². The molecule has 0 amide bonds. The average molecular weight is 148 g/mol. The van der Waals surface area contributed by atoms with Gasteiger partial charge in [-0.05, 0) is 12.0 Å². The number of rotatable bonds is 1. The Morgan fingerprint density at radius 1 is 1.09 bits per heavy atom. The second-order valence-corrected chi connectivity index (χ2v) is 2.88. The van der Waals surface area contributed by atoms with E-state index >= 15 is 0 Å². The Balaban J connectivity index is 3.29. The second kappa shape index (κ2) is 3.33. The molecule has 11 heavy (non-hydrogen) atoms. The molecule has 1 aromatic carbocycles. The van der Waals surface area contributed by atoms with Crippen LogP contribution in [0.1, 0.15) is 25.3 Å². The fourth-order valence-corrected chi connectivity index (χ4v) is 1.02. The zero-order chi connectivity index (χ0) is 8.27. The Kier molecular flexibility index (Phi) is 2.42. The first-order chi connectivity index (χ1) is 5.22. The van der Waals surface area contributed by atoms with Gasteiger partial charge in [-0.15, -0.1) is 0 Å². The highest BCUT2D eigenvalue weighted by Gasteiger charge is 1.99. The highest BCUT2D eigenvalue weighted by atomic mass is 16.1. The van der Waals surface area contributed by atoms with Crippen LogP contribution in [0.15, 0.2) is 35.1 Å². The lowest BCUT2D eigenvalue weighted by atomic mass is 10.1. The van der Waals surface area contributed by atoms with E-state index < -0.39 is 0 Å². The van der Waals surface area contributed by atoms with Gasteiger partial charge < -0.3 is 0 Å². The Labute approximate surface area is 66.7 Å². The second-order valence-electron chi connectivity index (χ2n) is 2.88. The van der Waals surface area contributed by atoms with Gasteiger partial charge in [0.2, 0.25) is 0 Å². The third-order valence-corrected chi connectivity index (χ3v) is 1.65. The van der Waals surface area contributed by atoms with Crippen molar-refractivity contribution in [3.63, 3.8) is 0 Å². The van der Waals surface area contributed by atoms with Crippen molar-refractivity contribution in [1.82, 2.24) is 0 Å². The maximum Gasteiger partial charge on any atom is 0.182 e. The van der Waals surface area contributed by atoms with Crippen molar-refractivity contribution >= 4 is 0 Å². The topological polar surface area (TPSA) is 17.1 Å². The predicted octanol–water partition coefficient (Wildman–Crippen LogP) is 2.17. The maximum atomic E-state index is 11.3. The van der Waals surface area contributed by atoms with E-state index in [1.807, 2.05) is 32.0 Å². The molecule has 1 rings (SSSR count). The molecule has 0 bridgehead atoms. The zero-order valence-corrected chi connectivity index (χ0v) is 6.87. The smallest absolute Gasteiger partial charge is 0.182 e. The SMILES string of the molecule is CC(C)c1cccccc1=O. The highest BCUT2D eigenvalue weighted by Crippen LogP contribution is 2.06. The van der Waals surface area contributed by atoms with Crippen molar-refractivity contribution in [2.24, 2.45) is 0 Å². The van der Waals surface area contributed by atoms with Crippen LogP contribution in [0.25, 0.3) is 0 Å². The third-order valence-electron chi connectivity index (χ3n) is 1.65. The first kappa shape index (κ1) is 7.99. The zero-order valence-electron chi connectivity index (χ0n) is 6.87. The molecular weight excluding hydrogens is 136 g/mol. The summed E-state index contributed by atoms with van der Waals surface area (Å²) in [6.07, 6.45) is 0. The summed E-state index contributed by atoms with van der Waals surface area (Å²) in [4.78, 5) is 11.3. The molecule has 0 aliphatic rings. The van der Waals surface area contributed by atoms with Crippen LogP contribution in [-0.2, 0) is 0 Å². The first-order valence-corrected chi connectivity index (χ1v) is 3.81. The van der Waals surface area contributed by atoms with Crippen LogP contribution in [0.3, 0.4) is 0 Å². The highest BCUT2D eigenvalue weighted by molar-refractivity contribution is 5.17. The van der Waals surface area contributed by atoms with Gasteiger partial charge >= 0.3 is 0 Å². The lowest BCUT2D eigenvalue weighted by molar-refractivity contribution is 0.859. The number of hydrogen-bond acceptors (Lipinski definition) is 1. The van der Waals surface area contributed by atoms with E-state index in [0.717, 1.165) is 5.56 Å². The molecule has 0 saturated carbocycles. The van der Waals surface area contributed by atoms with E-state index in [1.165, 1.54) is 0 Å². The van der Waals surface area contributed by atoms with Crippen LogP contribution in [-0.4, -0.2) is 0 Å². The lowest BCUT2D eigenvalue weighted by Gasteiger charge is -1.98. The van der Waals surface area contributed by atoms with Gasteiger partial charge in [0.1, 0.15) is 0 Å². The van der Waals surface area contributed by atoms with Gasteiger partial charge in [0.05, 0.1) is 0 Å². The van der Waals surface area contributed by atoms with Crippen LogP contribution in [0.4, 0.5) is 0 Å². The maximum absolute atomic E-state index is 11.3. The summed E-state index contributed by atoms with van der Waals surface area (Å²) in [6.45, 7) is 4.05. The normalized spacial score (nSPS) is 10.1. The van der Waals surface area contributed by atoms with Gasteiger partial charge in [-0.3, -0.25) is 4.79 Å². The molecule has 0 aliphatic heterocycles. The van der Waals surface area contributed by atoms with E-state index in [1.54, 1.807) is 12.1 Å². The third kappa shape index (κ3) is 1.90. The Bertz CT molecular complexity index is 289. The molecule has 0 unspecified atom stereocenters. The number of hydrogen-bond donors (Lipinski definition) is 0. The van der Waals surface area contributed by atoms with Gasteiger partial charge in [-0.1, -0.05) is 38.1 Å². The van der Waals surface area contributed by atoms with Gasteiger partial charge in [-0.25, -0.2) is 0 Å². The van der Waals surface area contributed by atoms with E-state index in [9.17, 15) is 4.79 Å². The molecule has 0 spiro atoms. The fraction of sp³-hybridized carbons (Fsp3) is 0.300. The minimum atomic E-state index is 0.130. The first-order valence-electron chi connectivity index (χ1n) is 3.81. The van der Waals surface area contributed by atoms with Crippen molar-refractivity contribution in [3.8, 4) is 0 Å². The molecule has 0 radical (unpaired) electrons. The van der Waals surface area contributed by atoms with E-state index in [4.69, 9.17) is 0 Å². The van der Waals surface area contributed by atoms with Crippen LogP contribution in [0.2, 0.25) is 0 Å². The Morgan fingerprint density at radius 2 is 1.73 bits per heavy atom. The molecule has 1 aromatic rings. The Hall–Kier alpha value is -1.11. The van der Waals surface area contributed by atoms with Gasteiger partial charge in [-0.2, -0.15) is 0 Å². The summed E-state index contributed by atoms with van der Waals surface area (Å²) >= 11 is 0. The fourth-order valence-electron chi connectivity index (χ4n) is 1.02. The van der Waals surface area contributed by atoms with Crippen LogP contribution < -0.4 is 5.43 Å². The van der Waals surface area contributed by atoms with E-state index in [0.29, 0.717) is 5.92 Å². The standard InChI is InChI=1S/C10H12O/c1-8(2)9-6-4-3-5-7-10(9)11/h3-8H,1-2H3. The molecule has 0 heterocycles. The van der Waals surface area contributed by atoms with Crippen LogP contribution in [0, 0.1) is 0 Å². The van der Waals surface area contributed by atoms with Crippen molar-refractivity contribution in [1.29, 1.82) is 0 Å². The quantitative estimate of drug-likeness (QED) is 0.596. The molecule has 0 aliphatic carbocycles. The molecule has 0 N–H and O–H groups in total. The molecular formula is C10H12O. The summed E-state index contributed by atoms with van der Waals surface area (Å²) in [5.74, 6) is 0.315. The summed E-state index contributed by atoms with van der Waals surface area (Å²) < 4.78 is 0. The molecule has 0 aromatic heterocycles. The van der Waals surface area contributed by atoms with Crippen molar-refractivity contribution in [2.75, 3.05) is 0 Å². The Morgan fingerprint density at radius 3 is 2.36 bits per heavy atom. The summed E-state index contributed by atoms with van der Waals surface area (Å²) in [7, 11) is 0. The largest absolute Gasteiger partial charge is 0.290 e. The monoisotopic (exact) mass is 148 g/mol. The van der Waals surface area contributed by atoms with Crippen molar-refractivity contribution < 1.29 is 0 Å². The minimum absolute atomic E-state index is 0.130. The summed E-state index contributed by atoms with van der Waals surface area (Å²) in [5, 5.41) is 0. The van der Waals surface area contributed by atoms with Crippen LogP contribution >= 0.6 is 0 Å². The summed E-state index contributed by atoms with van der Waals surface area (Å²) in [5.41, 5.74) is 1.01. The predicted molar refractivity (Wildman–Crippen MR) is 46.8 cm³/mol. The summed E-state index contributed by atoms with van der Waals surface area (Å²) in [6, 6.07) is 9.03. The van der Waals surface area contributed by atoms with Crippen molar-refractivity contribution in [3.05, 3.63) is 46.1 Å².